The molecular weight excluding hydrogens is 236 g/mol. The van der Waals surface area contributed by atoms with Crippen LogP contribution in [0.1, 0.15) is 44.2 Å². The molecule has 1 aliphatic rings. The van der Waals surface area contributed by atoms with Gasteiger partial charge in [0.05, 0.1) is 0 Å². The van der Waals surface area contributed by atoms with E-state index in [1.54, 1.807) is 6.92 Å². The van der Waals surface area contributed by atoms with Crippen LogP contribution in [-0.2, 0) is 22.4 Å². The Hall–Kier alpha value is -1.57. The number of esters is 1. The fourth-order valence-corrected chi connectivity index (χ4v) is 2.76. The van der Waals surface area contributed by atoms with Crippen molar-refractivity contribution >= 4 is 5.97 Å². The molecule has 0 aliphatic heterocycles. The van der Waals surface area contributed by atoms with E-state index in [1.807, 2.05) is 0 Å². The molecule has 2 nitrogen and oxygen atoms in total. The Bertz CT molecular complexity index is 490. The van der Waals surface area contributed by atoms with Crippen molar-refractivity contribution < 1.29 is 9.53 Å². The molecule has 2 rings (SSSR count). The van der Waals surface area contributed by atoms with E-state index in [4.69, 9.17) is 4.74 Å². The van der Waals surface area contributed by atoms with Crippen molar-refractivity contribution in [3.63, 3.8) is 0 Å². The maximum atomic E-state index is 11.9. The van der Waals surface area contributed by atoms with Gasteiger partial charge in [-0.05, 0) is 43.7 Å². The first-order valence-corrected chi connectivity index (χ1v) is 7.02. The Morgan fingerprint density at radius 2 is 2.05 bits per heavy atom. The Balaban J connectivity index is 2.26. The van der Waals surface area contributed by atoms with E-state index >= 15 is 0 Å². The average Bonchev–Trinajstić information content (AvgIpc) is 2.58. The normalized spacial score (nSPS) is 22.2. The molecule has 0 spiro atoms. The minimum Gasteiger partial charge on any atom is -0.455 e. The summed E-state index contributed by atoms with van der Waals surface area (Å²) in [7, 11) is 0. The first-order valence-electron chi connectivity index (χ1n) is 7.02. The topological polar surface area (TPSA) is 26.3 Å². The number of ether oxygens (including phenoxy) is 1. The SMILES string of the molecule is C=C(C)C(=O)OC1(CC)CCCc2ccccc2C1. The Morgan fingerprint density at radius 3 is 2.68 bits per heavy atom. The van der Waals surface area contributed by atoms with Crippen LogP contribution in [-0.4, -0.2) is 11.6 Å². The van der Waals surface area contributed by atoms with Crippen LogP contribution >= 0.6 is 0 Å². The first kappa shape index (κ1) is 13.9. The lowest BCUT2D eigenvalue weighted by Crippen LogP contribution is -2.36. The van der Waals surface area contributed by atoms with Gasteiger partial charge in [-0.2, -0.15) is 0 Å². The van der Waals surface area contributed by atoms with Crippen LogP contribution in [0.3, 0.4) is 0 Å². The second kappa shape index (κ2) is 5.60. The zero-order valence-electron chi connectivity index (χ0n) is 11.9. The van der Waals surface area contributed by atoms with Crippen molar-refractivity contribution in [1.29, 1.82) is 0 Å². The maximum Gasteiger partial charge on any atom is 0.333 e. The first-order chi connectivity index (χ1) is 9.06. The van der Waals surface area contributed by atoms with Crippen LogP contribution in [0.15, 0.2) is 36.4 Å². The number of fused-ring (bicyclic) bond motifs is 1. The molecule has 0 amide bonds. The van der Waals surface area contributed by atoms with E-state index in [1.165, 1.54) is 11.1 Å². The summed E-state index contributed by atoms with van der Waals surface area (Å²) >= 11 is 0. The van der Waals surface area contributed by atoms with E-state index in [0.29, 0.717) is 5.57 Å². The zero-order chi connectivity index (χ0) is 13.9. The van der Waals surface area contributed by atoms with E-state index in [-0.39, 0.29) is 11.6 Å². The number of carbonyl (C=O) groups excluding carboxylic acids is 1. The van der Waals surface area contributed by atoms with Crippen LogP contribution in [0.4, 0.5) is 0 Å². The summed E-state index contributed by atoms with van der Waals surface area (Å²) in [5.41, 5.74) is 2.83. The molecule has 0 N–H and O–H groups in total. The molecule has 1 atom stereocenters. The largest absolute Gasteiger partial charge is 0.455 e. The lowest BCUT2D eigenvalue weighted by atomic mass is 9.89. The maximum absolute atomic E-state index is 11.9. The van der Waals surface area contributed by atoms with E-state index in [9.17, 15) is 4.79 Å². The Labute approximate surface area is 115 Å². The van der Waals surface area contributed by atoms with Gasteiger partial charge in [0.25, 0.3) is 0 Å². The number of aryl methyl sites for hydroxylation is 1. The van der Waals surface area contributed by atoms with Crippen LogP contribution in [0.5, 0.6) is 0 Å². The lowest BCUT2D eigenvalue weighted by molar-refractivity contribution is -0.156. The van der Waals surface area contributed by atoms with Crippen LogP contribution in [0, 0.1) is 0 Å². The predicted molar refractivity (Wildman–Crippen MR) is 77.0 cm³/mol. The molecule has 19 heavy (non-hydrogen) atoms. The predicted octanol–water partition coefficient (Wildman–Crippen LogP) is 3.83. The summed E-state index contributed by atoms with van der Waals surface area (Å²) in [6.07, 6.45) is 4.73. The van der Waals surface area contributed by atoms with Crippen molar-refractivity contribution in [2.24, 2.45) is 0 Å². The smallest absolute Gasteiger partial charge is 0.333 e. The van der Waals surface area contributed by atoms with Crippen molar-refractivity contribution in [3.05, 3.63) is 47.5 Å². The van der Waals surface area contributed by atoms with Gasteiger partial charge in [0, 0.05) is 12.0 Å². The average molecular weight is 258 g/mol. The molecule has 0 heterocycles. The van der Waals surface area contributed by atoms with Gasteiger partial charge in [-0.1, -0.05) is 37.8 Å². The molecule has 1 aromatic carbocycles. The number of hydrogen-bond acceptors (Lipinski definition) is 2. The fourth-order valence-electron chi connectivity index (χ4n) is 2.76. The lowest BCUT2D eigenvalue weighted by Gasteiger charge is -2.32. The van der Waals surface area contributed by atoms with E-state index < -0.39 is 0 Å². The molecule has 0 saturated heterocycles. The van der Waals surface area contributed by atoms with Crippen molar-refractivity contribution in [2.75, 3.05) is 0 Å². The third-order valence-corrected chi connectivity index (χ3v) is 4.01. The van der Waals surface area contributed by atoms with E-state index in [2.05, 4.69) is 37.8 Å². The number of hydrogen-bond donors (Lipinski definition) is 0. The summed E-state index contributed by atoms with van der Waals surface area (Å²) in [6, 6.07) is 8.48. The highest BCUT2D eigenvalue weighted by Gasteiger charge is 2.34. The van der Waals surface area contributed by atoms with Crippen LogP contribution in [0.25, 0.3) is 0 Å². The molecule has 0 bridgehead atoms. The summed E-state index contributed by atoms with van der Waals surface area (Å²) in [6.45, 7) is 7.48. The molecule has 102 valence electrons. The molecule has 0 saturated carbocycles. The van der Waals surface area contributed by atoms with Crippen molar-refractivity contribution in [3.8, 4) is 0 Å². The minimum atomic E-state index is -0.358. The second-order valence-corrected chi connectivity index (χ2v) is 5.51. The van der Waals surface area contributed by atoms with Gasteiger partial charge in [-0.25, -0.2) is 4.79 Å². The van der Waals surface area contributed by atoms with E-state index in [0.717, 1.165) is 32.1 Å². The van der Waals surface area contributed by atoms with Crippen molar-refractivity contribution in [2.45, 2.75) is 51.6 Å². The van der Waals surface area contributed by atoms with Crippen molar-refractivity contribution in [1.82, 2.24) is 0 Å². The molecule has 0 aromatic heterocycles. The van der Waals surface area contributed by atoms with Gasteiger partial charge in [-0.15, -0.1) is 0 Å². The quantitative estimate of drug-likeness (QED) is 0.468. The molecule has 0 fully saturated rings. The highest BCUT2D eigenvalue weighted by atomic mass is 16.6. The third kappa shape index (κ3) is 3.06. The molecule has 1 aliphatic carbocycles. The van der Waals surface area contributed by atoms with Crippen LogP contribution < -0.4 is 0 Å². The van der Waals surface area contributed by atoms with Gasteiger partial charge in [0.15, 0.2) is 0 Å². The third-order valence-electron chi connectivity index (χ3n) is 4.01. The molecular formula is C17H22O2. The molecule has 1 unspecified atom stereocenters. The summed E-state index contributed by atoms with van der Waals surface area (Å²) in [4.78, 5) is 11.9. The summed E-state index contributed by atoms with van der Waals surface area (Å²) < 4.78 is 5.79. The monoisotopic (exact) mass is 258 g/mol. The number of benzene rings is 1. The molecule has 1 aromatic rings. The molecule has 0 radical (unpaired) electrons. The second-order valence-electron chi connectivity index (χ2n) is 5.51. The van der Waals surface area contributed by atoms with Gasteiger partial charge in [-0.3, -0.25) is 0 Å². The summed E-state index contributed by atoms with van der Waals surface area (Å²) in [5.74, 6) is -0.263. The number of rotatable bonds is 3. The summed E-state index contributed by atoms with van der Waals surface area (Å²) in [5, 5.41) is 0. The molecule has 2 heteroatoms. The Kier molecular flexibility index (Phi) is 4.08. The standard InChI is InChI=1S/C17H22O2/c1-4-17(19-16(18)13(2)3)11-7-10-14-8-5-6-9-15(14)12-17/h5-6,8-9H,2,4,7,10-12H2,1,3H3. The van der Waals surface area contributed by atoms with Gasteiger partial charge in [0.1, 0.15) is 5.60 Å². The van der Waals surface area contributed by atoms with Crippen LogP contribution in [0.2, 0.25) is 0 Å². The zero-order valence-corrected chi connectivity index (χ0v) is 11.9. The Morgan fingerprint density at radius 1 is 1.37 bits per heavy atom. The highest BCUT2D eigenvalue weighted by Crippen LogP contribution is 2.33. The van der Waals surface area contributed by atoms with Gasteiger partial charge >= 0.3 is 5.97 Å². The number of carbonyl (C=O) groups is 1. The van der Waals surface area contributed by atoms with Gasteiger partial charge < -0.3 is 4.74 Å². The fraction of sp³-hybridized carbons (Fsp3) is 0.471. The highest BCUT2D eigenvalue weighted by molar-refractivity contribution is 5.87. The minimum absolute atomic E-state index is 0.263. The van der Waals surface area contributed by atoms with Gasteiger partial charge in [0.2, 0.25) is 0 Å².